The molecule has 0 spiro atoms. The van der Waals surface area contributed by atoms with Gasteiger partial charge in [-0.15, -0.1) is 0 Å². The number of nitrogens with one attached hydrogen (secondary N) is 2. The van der Waals surface area contributed by atoms with Crippen LogP contribution in [0.15, 0.2) is 18.2 Å². The first-order valence-corrected chi connectivity index (χ1v) is 6.15. The van der Waals surface area contributed by atoms with Crippen molar-refractivity contribution in [3.05, 3.63) is 29.3 Å². The summed E-state index contributed by atoms with van der Waals surface area (Å²) in [5.74, 6) is 0.622. The van der Waals surface area contributed by atoms with Gasteiger partial charge in [0.25, 0.3) is 5.91 Å². The van der Waals surface area contributed by atoms with Gasteiger partial charge in [0.1, 0.15) is 5.75 Å². The molecule has 0 aromatic heterocycles. The van der Waals surface area contributed by atoms with E-state index in [1.807, 2.05) is 26.1 Å². The minimum absolute atomic E-state index is 0.126. The number of benzene rings is 1. The largest absolute Gasteiger partial charge is 0.481 e. The van der Waals surface area contributed by atoms with Crippen LogP contribution < -0.4 is 15.4 Å². The number of rotatable bonds is 5. The van der Waals surface area contributed by atoms with E-state index in [1.54, 1.807) is 14.0 Å². The Bertz CT molecular complexity index is 418. The molecule has 2 N–H and O–H groups in total. The molecule has 2 unspecified atom stereocenters. The summed E-state index contributed by atoms with van der Waals surface area (Å²) in [6.07, 6.45) is -0.500. The lowest BCUT2D eigenvalue weighted by molar-refractivity contribution is -0.126. The normalized spacial score (nSPS) is 13.8. The van der Waals surface area contributed by atoms with Gasteiger partial charge in [0.15, 0.2) is 6.10 Å². The summed E-state index contributed by atoms with van der Waals surface area (Å²) in [5.41, 5.74) is 2.24. The highest BCUT2D eigenvalue weighted by molar-refractivity contribution is 5.80. The molecule has 0 saturated carbocycles. The van der Waals surface area contributed by atoms with Gasteiger partial charge in [0, 0.05) is 18.7 Å². The molecule has 1 aromatic carbocycles. The molecule has 4 nitrogen and oxygen atoms in total. The first kappa shape index (κ1) is 14.5. The van der Waals surface area contributed by atoms with E-state index in [4.69, 9.17) is 4.74 Å². The SMILES string of the molecule is CNC(=O)C(C)Oc1ccc(C)cc1C(C)NC. The van der Waals surface area contributed by atoms with Crippen LogP contribution in [0.5, 0.6) is 5.75 Å². The monoisotopic (exact) mass is 250 g/mol. The average Bonchev–Trinajstić information content (AvgIpc) is 2.38. The Hall–Kier alpha value is -1.55. The maximum atomic E-state index is 11.5. The van der Waals surface area contributed by atoms with E-state index < -0.39 is 6.10 Å². The van der Waals surface area contributed by atoms with E-state index in [0.29, 0.717) is 0 Å². The molecule has 18 heavy (non-hydrogen) atoms. The van der Waals surface area contributed by atoms with Crippen LogP contribution in [0.3, 0.4) is 0 Å². The van der Waals surface area contributed by atoms with Crippen LogP contribution in [0.1, 0.15) is 31.0 Å². The summed E-state index contributed by atoms with van der Waals surface area (Å²) in [6, 6.07) is 6.15. The highest BCUT2D eigenvalue weighted by Crippen LogP contribution is 2.27. The van der Waals surface area contributed by atoms with Crippen LogP contribution in [0, 0.1) is 6.92 Å². The van der Waals surface area contributed by atoms with E-state index in [9.17, 15) is 4.79 Å². The minimum Gasteiger partial charge on any atom is -0.481 e. The van der Waals surface area contributed by atoms with Gasteiger partial charge in [-0.1, -0.05) is 17.7 Å². The molecule has 1 amide bonds. The molecule has 0 aliphatic rings. The lowest BCUT2D eigenvalue weighted by atomic mass is 10.0. The van der Waals surface area contributed by atoms with E-state index in [0.717, 1.165) is 11.3 Å². The van der Waals surface area contributed by atoms with Crippen LogP contribution in [-0.2, 0) is 4.79 Å². The van der Waals surface area contributed by atoms with E-state index in [1.165, 1.54) is 5.56 Å². The van der Waals surface area contributed by atoms with Crippen molar-refractivity contribution in [3.8, 4) is 5.75 Å². The van der Waals surface area contributed by atoms with Crippen molar-refractivity contribution in [2.24, 2.45) is 0 Å². The fourth-order valence-corrected chi connectivity index (χ4v) is 1.72. The van der Waals surface area contributed by atoms with Gasteiger partial charge >= 0.3 is 0 Å². The quantitative estimate of drug-likeness (QED) is 0.837. The van der Waals surface area contributed by atoms with Crippen LogP contribution in [0.2, 0.25) is 0 Å². The number of hydrogen-bond acceptors (Lipinski definition) is 3. The number of carbonyl (C=O) groups excluding carboxylic acids is 1. The third kappa shape index (κ3) is 3.47. The van der Waals surface area contributed by atoms with Crippen molar-refractivity contribution >= 4 is 5.91 Å². The smallest absolute Gasteiger partial charge is 0.260 e. The molecule has 0 fully saturated rings. The number of aryl methyl sites for hydroxylation is 1. The second-order valence-electron chi connectivity index (χ2n) is 4.43. The molecule has 0 aliphatic carbocycles. The molecule has 2 atom stereocenters. The standard InChI is InChI=1S/C14H22N2O2/c1-9-6-7-13(12(8-9)10(2)15-4)18-11(3)14(17)16-5/h6-8,10-11,15H,1-5H3,(H,16,17). The summed E-state index contributed by atoms with van der Waals surface area (Å²) in [4.78, 5) is 11.5. The van der Waals surface area contributed by atoms with Crippen molar-refractivity contribution < 1.29 is 9.53 Å². The fourth-order valence-electron chi connectivity index (χ4n) is 1.72. The molecular formula is C14H22N2O2. The number of hydrogen-bond donors (Lipinski definition) is 2. The van der Waals surface area contributed by atoms with Gasteiger partial charge in [-0.25, -0.2) is 0 Å². The minimum atomic E-state index is -0.500. The Morgan fingerprint density at radius 2 is 1.94 bits per heavy atom. The molecular weight excluding hydrogens is 228 g/mol. The lowest BCUT2D eigenvalue weighted by Crippen LogP contribution is -2.34. The summed E-state index contributed by atoms with van der Waals surface area (Å²) >= 11 is 0. The molecule has 1 rings (SSSR count). The Kier molecular flexibility index (Phi) is 5.16. The average molecular weight is 250 g/mol. The zero-order chi connectivity index (χ0) is 13.7. The summed E-state index contributed by atoms with van der Waals surface area (Å²) in [5, 5.41) is 5.76. The number of ether oxygens (including phenoxy) is 1. The first-order chi connectivity index (χ1) is 8.49. The van der Waals surface area contributed by atoms with Gasteiger partial charge < -0.3 is 15.4 Å². The molecule has 0 radical (unpaired) electrons. The predicted molar refractivity (Wildman–Crippen MR) is 72.8 cm³/mol. The van der Waals surface area contributed by atoms with Crippen LogP contribution in [-0.4, -0.2) is 26.1 Å². The molecule has 0 saturated heterocycles. The third-order valence-corrected chi connectivity index (χ3v) is 2.98. The Morgan fingerprint density at radius 3 is 2.50 bits per heavy atom. The van der Waals surface area contributed by atoms with Crippen molar-refractivity contribution in [1.29, 1.82) is 0 Å². The topological polar surface area (TPSA) is 50.4 Å². The highest BCUT2D eigenvalue weighted by Gasteiger charge is 2.16. The Morgan fingerprint density at radius 1 is 1.28 bits per heavy atom. The molecule has 100 valence electrons. The van der Waals surface area contributed by atoms with E-state index in [2.05, 4.69) is 23.6 Å². The fraction of sp³-hybridized carbons (Fsp3) is 0.500. The molecule has 4 heteroatoms. The number of likely N-dealkylation sites (N-methyl/N-ethyl adjacent to an activating group) is 1. The highest BCUT2D eigenvalue weighted by atomic mass is 16.5. The lowest BCUT2D eigenvalue weighted by Gasteiger charge is -2.20. The Labute approximate surface area is 109 Å². The van der Waals surface area contributed by atoms with Crippen molar-refractivity contribution in [3.63, 3.8) is 0 Å². The van der Waals surface area contributed by atoms with Gasteiger partial charge in [-0.2, -0.15) is 0 Å². The maximum absolute atomic E-state index is 11.5. The second-order valence-corrected chi connectivity index (χ2v) is 4.43. The van der Waals surface area contributed by atoms with Gasteiger partial charge in [-0.3, -0.25) is 4.79 Å². The second kappa shape index (κ2) is 6.40. The van der Waals surface area contributed by atoms with Crippen molar-refractivity contribution in [2.45, 2.75) is 32.9 Å². The van der Waals surface area contributed by atoms with Gasteiger partial charge in [0.05, 0.1) is 0 Å². The maximum Gasteiger partial charge on any atom is 0.260 e. The summed E-state index contributed by atoms with van der Waals surface area (Å²) in [6.45, 7) is 5.84. The van der Waals surface area contributed by atoms with Crippen LogP contribution in [0.25, 0.3) is 0 Å². The van der Waals surface area contributed by atoms with E-state index >= 15 is 0 Å². The molecule has 0 aliphatic heterocycles. The zero-order valence-electron chi connectivity index (χ0n) is 11.7. The number of amides is 1. The molecule has 0 bridgehead atoms. The van der Waals surface area contributed by atoms with Crippen molar-refractivity contribution in [1.82, 2.24) is 10.6 Å². The summed E-state index contributed by atoms with van der Waals surface area (Å²) in [7, 11) is 3.51. The predicted octanol–water partition coefficient (Wildman–Crippen LogP) is 1.79. The summed E-state index contributed by atoms with van der Waals surface area (Å²) < 4.78 is 5.72. The van der Waals surface area contributed by atoms with Crippen LogP contribution >= 0.6 is 0 Å². The van der Waals surface area contributed by atoms with E-state index in [-0.39, 0.29) is 11.9 Å². The first-order valence-electron chi connectivity index (χ1n) is 6.15. The Balaban J connectivity index is 2.97. The molecule has 1 aromatic rings. The zero-order valence-corrected chi connectivity index (χ0v) is 11.7. The third-order valence-electron chi connectivity index (χ3n) is 2.98. The molecule has 0 heterocycles. The van der Waals surface area contributed by atoms with Gasteiger partial charge in [0.2, 0.25) is 0 Å². The number of carbonyl (C=O) groups is 1. The van der Waals surface area contributed by atoms with Gasteiger partial charge in [-0.05, 0) is 33.9 Å². The van der Waals surface area contributed by atoms with Crippen molar-refractivity contribution in [2.75, 3.05) is 14.1 Å². The van der Waals surface area contributed by atoms with Crippen LogP contribution in [0.4, 0.5) is 0 Å².